The van der Waals surface area contributed by atoms with E-state index in [-0.39, 0.29) is 22.3 Å². The Labute approximate surface area is 197 Å². The molecule has 0 spiro atoms. The molecule has 7 nitrogen and oxygen atoms in total. The molecule has 0 heterocycles. The van der Waals surface area contributed by atoms with E-state index in [4.69, 9.17) is 8.92 Å². The van der Waals surface area contributed by atoms with E-state index >= 15 is 0 Å². The van der Waals surface area contributed by atoms with Crippen LogP contribution in [0.3, 0.4) is 0 Å². The lowest BCUT2D eigenvalue weighted by atomic mass is 10.0. The maximum absolute atomic E-state index is 12.6. The van der Waals surface area contributed by atoms with Gasteiger partial charge in [0.1, 0.15) is 4.90 Å². The molecular weight excluding hydrogens is 452 g/mol. The highest BCUT2D eigenvalue weighted by Gasteiger charge is 2.19. The Morgan fingerprint density at radius 1 is 0.912 bits per heavy atom. The fraction of sp³-hybridized carbons (Fsp3) is 0.0769. The smallest absolute Gasteiger partial charge is 0.339 e. The molecular formula is C26H22N2O5S. The summed E-state index contributed by atoms with van der Waals surface area (Å²) in [6.45, 7) is 2.08. The molecule has 0 atom stereocenters. The molecule has 4 aromatic carbocycles. The van der Waals surface area contributed by atoms with Crippen molar-refractivity contribution in [1.82, 2.24) is 5.43 Å². The average molecular weight is 475 g/mol. The first-order valence-corrected chi connectivity index (χ1v) is 12.0. The quantitative estimate of drug-likeness (QED) is 0.226. The zero-order chi connectivity index (χ0) is 24.0. The number of fused-ring (bicyclic) bond motifs is 1. The van der Waals surface area contributed by atoms with Crippen LogP contribution >= 0.6 is 0 Å². The summed E-state index contributed by atoms with van der Waals surface area (Å²) < 4.78 is 36.0. The summed E-state index contributed by atoms with van der Waals surface area (Å²) in [5.41, 5.74) is 3.63. The normalized spacial score (nSPS) is 11.4. The van der Waals surface area contributed by atoms with Gasteiger partial charge in [-0.05, 0) is 59.7 Å². The van der Waals surface area contributed by atoms with E-state index < -0.39 is 10.1 Å². The first kappa shape index (κ1) is 23.0. The first-order valence-electron chi connectivity index (χ1n) is 10.6. The molecule has 0 aliphatic rings. The molecule has 0 fully saturated rings. The predicted molar refractivity (Wildman–Crippen MR) is 131 cm³/mol. The van der Waals surface area contributed by atoms with Crippen molar-refractivity contribution in [3.05, 3.63) is 102 Å². The van der Waals surface area contributed by atoms with Crippen molar-refractivity contribution in [2.75, 3.05) is 6.61 Å². The lowest BCUT2D eigenvalue weighted by molar-refractivity contribution is 0.0956. The van der Waals surface area contributed by atoms with Gasteiger partial charge in [0.25, 0.3) is 5.91 Å². The third-order valence-corrected chi connectivity index (χ3v) is 6.16. The van der Waals surface area contributed by atoms with Crippen LogP contribution in [-0.2, 0) is 10.1 Å². The Morgan fingerprint density at radius 3 is 2.44 bits per heavy atom. The molecule has 172 valence electrons. The zero-order valence-corrected chi connectivity index (χ0v) is 19.2. The molecule has 0 saturated heterocycles. The van der Waals surface area contributed by atoms with E-state index in [1.807, 2.05) is 36.4 Å². The first-order chi connectivity index (χ1) is 16.5. The predicted octanol–water partition coefficient (Wildman–Crippen LogP) is 4.77. The zero-order valence-electron chi connectivity index (χ0n) is 18.3. The monoisotopic (exact) mass is 474 g/mol. The van der Waals surface area contributed by atoms with Crippen LogP contribution in [0.15, 0.2) is 101 Å². The Hall–Kier alpha value is -4.17. The largest absolute Gasteiger partial charge is 0.490 e. The maximum atomic E-state index is 12.6. The van der Waals surface area contributed by atoms with Gasteiger partial charge in [0.05, 0.1) is 12.8 Å². The van der Waals surface area contributed by atoms with Gasteiger partial charge in [0.15, 0.2) is 11.5 Å². The van der Waals surface area contributed by atoms with Gasteiger partial charge in [-0.2, -0.15) is 13.5 Å². The summed E-state index contributed by atoms with van der Waals surface area (Å²) in [7, 11) is -4.01. The maximum Gasteiger partial charge on any atom is 0.339 e. The van der Waals surface area contributed by atoms with Crippen LogP contribution in [0, 0.1) is 0 Å². The van der Waals surface area contributed by atoms with Gasteiger partial charge in [-0.3, -0.25) is 4.79 Å². The second kappa shape index (κ2) is 10.2. The SMILES string of the molecule is CCOc1cc(/C=N\NC(=O)c2cccc3ccccc23)ccc1OS(=O)(=O)c1ccccc1. The number of carbonyl (C=O) groups is 1. The molecule has 0 aromatic heterocycles. The van der Waals surface area contributed by atoms with Gasteiger partial charge < -0.3 is 8.92 Å². The molecule has 8 heteroatoms. The third-order valence-electron chi connectivity index (χ3n) is 4.91. The van der Waals surface area contributed by atoms with Gasteiger partial charge in [-0.1, -0.05) is 54.6 Å². The summed E-state index contributed by atoms with van der Waals surface area (Å²) in [5.74, 6) is -0.0408. The number of hydrazone groups is 1. The number of amides is 1. The fourth-order valence-corrected chi connectivity index (χ4v) is 4.31. The number of nitrogens with one attached hydrogen (secondary N) is 1. The van der Waals surface area contributed by atoms with Crippen LogP contribution in [0.1, 0.15) is 22.8 Å². The highest BCUT2D eigenvalue weighted by molar-refractivity contribution is 7.87. The number of hydrogen-bond acceptors (Lipinski definition) is 6. The number of hydrogen-bond donors (Lipinski definition) is 1. The molecule has 0 unspecified atom stereocenters. The topological polar surface area (TPSA) is 94.1 Å². The highest BCUT2D eigenvalue weighted by atomic mass is 32.2. The van der Waals surface area contributed by atoms with Crippen LogP contribution in [0.4, 0.5) is 0 Å². The Morgan fingerprint density at radius 2 is 1.65 bits per heavy atom. The molecule has 1 amide bonds. The molecule has 0 bridgehead atoms. The van der Waals surface area contributed by atoms with E-state index in [1.165, 1.54) is 24.4 Å². The van der Waals surface area contributed by atoms with Crippen LogP contribution < -0.4 is 14.3 Å². The van der Waals surface area contributed by atoms with Crippen LogP contribution in [-0.4, -0.2) is 27.1 Å². The summed E-state index contributed by atoms with van der Waals surface area (Å²) in [6.07, 6.45) is 1.45. The Kier molecular flexibility index (Phi) is 6.89. The van der Waals surface area contributed by atoms with Crippen LogP contribution in [0.25, 0.3) is 10.8 Å². The number of benzene rings is 4. The van der Waals surface area contributed by atoms with Crippen molar-refractivity contribution < 1.29 is 22.1 Å². The molecule has 4 rings (SSSR count). The minimum Gasteiger partial charge on any atom is -0.490 e. The summed E-state index contributed by atoms with van der Waals surface area (Å²) in [6, 6.07) is 25.6. The van der Waals surface area contributed by atoms with E-state index in [1.54, 1.807) is 43.3 Å². The van der Waals surface area contributed by atoms with Gasteiger partial charge in [0.2, 0.25) is 0 Å². The van der Waals surface area contributed by atoms with Crippen molar-refractivity contribution in [1.29, 1.82) is 0 Å². The minimum absolute atomic E-state index is 0.0410. The minimum atomic E-state index is -4.01. The standard InChI is InChI=1S/C26H22N2O5S/c1-2-32-25-17-19(15-16-24(25)33-34(30,31)21-11-4-3-5-12-21)18-27-28-26(29)23-14-8-10-20-9-6-7-13-22(20)23/h3-18H,2H2,1H3,(H,28,29)/b27-18-. The molecule has 0 saturated carbocycles. The number of nitrogens with zero attached hydrogens (tertiary/aromatic N) is 1. The summed E-state index contributed by atoms with van der Waals surface area (Å²) in [5, 5.41) is 5.83. The fourth-order valence-electron chi connectivity index (χ4n) is 3.34. The molecule has 1 N–H and O–H groups in total. The van der Waals surface area contributed by atoms with Gasteiger partial charge in [-0.15, -0.1) is 0 Å². The van der Waals surface area contributed by atoms with Gasteiger partial charge in [0, 0.05) is 5.56 Å². The molecule has 34 heavy (non-hydrogen) atoms. The van der Waals surface area contributed by atoms with Gasteiger partial charge in [-0.25, -0.2) is 5.43 Å². The Balaban J connectivity index is 1.51. The van der Waals surface area contributed by atoms with Crippen LogP contribution in [0.2, 0.25) is 0 Å². The Bertz CT molecular complexity index is 1450. The van der Waals surface area contributed by atoms with Crippen molar-refractivity contribution in [2.24, 2.45) is 5.10 Å². The summed E-state index contributed by atoms with van der Waals surface area (Å²) in [4.78, 5) is 12.7. The average Bonchev–Trinajstić information content (AvgIpc) is 2.85. The van der Waals surface area contributed by atoms with Crippen LogP contribution in [0.5, 0.6) is 11.5 Å². The summed E-state index contributed by atoms with van der Waals surface area (Å²) >= 11 is 0. The van der Waals surface area contributed by atoms with E-state index in [0.29, 0.717) is 17.7 Å². The lowest BCUT2D eigenvalue weighted by Gasteiger charge is -2.12. The van der Waals surface area contributed by atoms with E-state index in [0.717, 1.165) is 10.8 Å². The van der Waals surface area contributed by atoms with Crippen molar-refractivity contribution in [3.8, 4) is 11.5 Å². The molecule has 4 aromatic rings. The van der Waals surface area contributed by atoms with Crippen molar-refractivity contribution in [3.63, 3.8) is 0 Å². The van der Waals surface area contributed by atoms with Crippen molar-refractivity contribution >= 4 is 33.0 Å². The lowest BCUT2D eigenvalue weighted by Crippen LogP contribution is -2.17. The number of rotatable bonds is 8. The molecule has 0 aliphatic carbocycles. The molecule has 0 radical (unpaired) electrons. The highest BCUT2D eigenvalue weighted by Crippen LogP contribution is 2.31. The second-order valence-electron chi connectivity index (χ2n) is 7.22. The second-order valence-corrected chi connectivity index (χ2v) is 8.76. The third kappa shape index (κ3) is 5.24. The molecule has 0 aliphatic heterocycles. The number of carbonyl (C=O) groups excluding carboxylic acids is 1. The van der Waals surface area contributed by atoms with Crippen molar-refractivity contribution in [2.45, 2.75) is 11.8 Å². The van der Waals surface area contributed by atoms with E-state index in [9.17, 15) is 13.2 Å². The van der Waals surface area contributed by atoms with E-state index in [2.05, 4.69) is 10.5 Å². The van der Waals surface area contributed by atoms with Gasteiger partial charge >= 0.3 is 10.1 Å². The number of ether oxygens (including phenoxy) is 1.